The maximum absolute atomic E-state index is 11.4. The Morgan fingerprint density at radius 2 is 2.18 bits per heavy atom. The minimum absolute atomic E-state index is 0.0274. The number of hydrogen-bond donors (Lipinski definition) is 1. The minimum Gasteiger partial charge on any atom is -0.347 e. The molecule has 0 fully saturated rings. The third-order valence-electron chi connectivity index (χ3n) is 2.20. The Balaban J connectivity index is 2.43. The van der Waals surface area contributed by atoms with Crippen molar-refractivity contribution in [1.29, 1.82) is 0 Å². The fourth-order valence-electron chi connectivity index (χ4n) is 1.09. The molecule has 1 N–H and O–H groups in total. The summed E-state index contributed by atoms with van der Waals surface area (Å²) in [5.74, 6) is -0.382. The van der Waals surface area contributed by atoms with Crippen LogP contribution in [0.2, 0.25) is 0 Å². The van der Waals surface area contributed by atoms with Crippen LogP contribution < -0.4 is 5.32 Å². The van der Waals surface area contributed by atoms with Gasteiger partial charge in [0.05, 0.1) is 6.54 Å². The van der Waals surface area contributed by atoms with Gasteiger partial charge in [0, 0.05) is 25.0 Å². The highest BCUT2D eigenvalue weighted by molar-refractivity contribution is 7.11. The van der Waals surface area contributed by atoms with Crippen molar-refractivity contribution in [3.63, 3.8) is 0 Å². The number of thiophene rings is 1. The fraction of sp³-hybridized carbons (Fsp3) is 0.333. The molecule has 92 valence electrons. The van der Waals surface area contributed by atoms with Crippen LogP contribution in [0.25, 0.3) is 6.08 Å². The zero-order chi connectivity index (χ0) is 12.8. The lowest BCUT2D eigenvalue weighted by Gasteiger charge is -2.09. The maximum atomic E-state index is 11.4. The molecule has 0 radical (unpaired) electrons. The van der Waals surface area contributed by atoms with Crippen LogP contribution >= 0.6 is 11.3 Å². The second kappa shape index (κ2) is 6.20. The predicted octanol–water partition coefficient (Wildman–Crippen LogP) is 1.27. The molecule has 0 saturated carbocycles. The number of nitrogens with zero attached hydrogens (tertiary/aromatic N) is 1. The van der Waals surface area contributed by atoms with E-state index in [1.165, 1.54) is 11.0 Å². The number of likely N-dealkylation sites (N-methyl/N-ethyl adjacent to an activating group) is 1. The molecule has 1 aromatic heterocycles. The van der Waals surface area contributed by atoms with E-state index in [2.05, 4.69) is 5.32 Å². The van der Waals surface area contributed by atoms with Crippen LogP contribution in [0.3, 0.4) is 0 Å². The van der Waals surface area contributed by atoms with Crippen LogP contribution in [0.1, 0.15) is 10.4 Å². The van der Waals surface area contributed by atoms with E-state index in [-0.39, 0.29) is 18.4 Å². The van der Waals surface area contributed by atoms with Gasteiger partial charge in [-0.25, -0.2) is 0 Å². The molecule has 0 saturated heterocycles. The molecule has 17 heavy (non-hydrogen) atoms. The Kier molecular flexibility index (Phi) is 4.90. The summed E-state index contributed by atoms with van der Waals surface area (Å²) in [7, 11) is 3.30. The van der Waals surface area contributed by atoms with E-state index in [0.717, 1.165) is 10.4 Å². The second-order valence-electron chi connectivity index (χ2n) is 3.81. The van der Waals surface area contributed by atoms with Gasteiger partial charge in [-0.2, -0.15) is 0 Å². The Labute approximate surface area is 105 Å². The van der Waals surface area contributed by atoms with E-state index in [4.69, 9.17) is 0 Å². The van der Waals surface area contributed by atoms with Crippen molar-refractivity contribution in [2.75, 3.05) is 20.6 Å². The lowest BCUT2D eigenvalue weighted by molar-refractivity contribution is -0.129. The van der Waals surface area contributed by atoms with Crippen molar-refractivity contribution in [3.05, 3.63) is 28.0 Å². The molecular weight excluding hydrogens is 236 g/mol. The lowest BCUT2D eigenvalue weighted by atomic mass is 10.3. The molecule has 0 aliphatic carbocycles. The Morgan fingerprint density at radius 3 is 2.71 bits per heavy atom. The quantitative estimate of drug-likeness (QED) is 0.821. The van der Waals surface area contributed by atoms with Gasteiger partial charge in [0.25, 0.3) is 0 Å². The molecule has 0 aliphatic rings. The van der Waals surface area contributed by atoms with Crippen LogP contribution in [0.4, 0.5) is 0 Å². The standard InChI is InChI=1S/C12H16N2O2S/c1-9-6-7-17-10(9)4-5-11(15)13-8-12(16)14(2)3/h4-7H,8H2,1-3H3,(H,13,15)/b5-4+. The topological polar surface area (TPSA) is 49.4 Å². The first-order chi connectivity index (χ1) is 8.00. The molecular formula is C12H16N2O2S. The molecule has 1 rings (SSSR count). The van der Waals surface area contributed by atoms with E-state index in [1.807, 2.05) is 18.4 Å². The molecule has 4 nitrogen and oxygen atoms in total. The van der Waals surface area contributed by atoms with Gasteiger partial charge in [-0.1, -0.05) is 0 Å². The SMILES string of the molecule is Cc1ccsc1/C=C/C(=O)NCC(=O)N(C)C. The number of nitrogens with one attached hydrogen (secondary N) is 1. The van der Waals surface area contributed by atoms with Gasteiger partial charge >= 0.3 is 0 Å². The van der Waals surface area contributed by atoms with Gasteiger partial charge in [-0.3, -0.25) is 9.59 Å². The first-order valence-corrected chi connectivity index (χ1v) is 6.09. The summed E-state index contributed by atoms with van der Waals surface area (Å²) in [6.07, 6.45) is 3.21. The van der Waals surface area contributed by atoms with Gasteiger partial charge in [-0.05, 0) is 30.0 Å². The largest absolute Gasteiger partial charge is 0.347 e. The number of hydrogen-bond acceptors (Lipinski definition) is 3. The summed E-state index contributed by atoms with van der Waals surface area (Å²) in [4.78, 5) is 25.1. The van der Waals surface area contributed by atoms with E-state index >= 15 is 0 Å². The predicted molar refractivity (Wildman–Crippen MR) is 69.8 cm³/mol. The Bertz CT molecular complexity index is 435. The highest BCUT2D eigenvalue weighted by atomic mass is 32.1. The van der Waals surface area contributed by atoms with Gasteiger partial charge in [0.2, 0.25) is 11.8 Å². The van der Waals surface area contributed by atoms with Crippen LogP contribution in [0.5, 0.6) is 0 Å². The molecule has 0 bridgehead atoms. The molecule has 1 heterocycles. The van der Waals surface area contributed by atoms with E-state index < -0.39 is 0 Å². The van der Waals surface area contributed by atoms with Crippen molar-refractivity contribution in [1.82, 2.24) is 10.2 Å². The summed E-state index contributed by atoms with van der Waals surface area (Å²) in [6.45, 7) is 2.02. The smallest absolute Gasteiger partial charge is 0.244 e. The first-order valence-electron chi connectivity index (χ1n) is 5.21. The van der Waals surface area contributed by atoms with Gasteiger partial charge < -0.3 is 10.2 Å². The molecule has 0 unspecified atom stereocenters. The fourth-order valence-corrected chi connectivity index (χ4v) is 1.91. The normalized spacial score (nSPS) is 10.5. The molecule has 0 spiro atoms. The Hall–Kier alpha value is -1.62. The van der Waals surface area contributed by atoms with E-state index in [9.17, 15) is 9.59 Å². The highest BCUT2D eigenvalue weighted by Crippen LogP contribution is 2.16. The molecule has 5 heteroatoms. The molecule has 0 atom stereocenters. The summed E-state index contributed by atoms with van der Waals surface area (Å²) in [6, 6.07) is 2.00. The Morgan fingerprint density at radius 1 is 1.47 bits per heavy atom. The van der Waals surface area contributed by atoms with Gasteiger partial charge in [0.15, 0.2) is 0 Å². The lowest BCUT2D eigenvalue weighted by Crippen LogP contribution is -2.35. The maximum Gasteiger partial charge on any atom is 0.244 e. The molecule has 0 aromatic carbocycles. The monoisotopic (exact) mass is 252 g/mol. The summed E-state index contributed by atoms with van der Waals surface area (Å²) >= 11 is 1.58. The van der Waals surface area contributed by atoms with Gasteiger partial charge in [-0.15, -0.1) is 11.3 Å². The third-order valence-corrected chi connectivity index (χ3v) is 3.18. The van der Waals surface area contributed by atoms with Crippen molar-refractivity contribution >= 4 is 29.2 Å². The van der Waals surface area contributed by atoms with Gasteiger partial charge in [0.1, 0.15) is 0 Å². The zero-order valence-electron chi connectivity index (χ0n) is 10.2. The first kappa shape index (κ1) is 13.4. The third kappa shape index (κ3) is 4.40. The number of rotatable bonds is 4. The number of aryl methyl sites for hydroxylation is 1. The van der Waals surface area contributed by atoms with Crippen molar-refractivity contribution in [2.45, 2.75) is 6.92 Å². The average molecular weight is 252 g/mol. The van der Waals surface area contributed by atoms with Crippen LogP contribution in [0.15, 0.2) is 17.5 Å². The van der Waals surface area contributed by atoms with Crippen molar-refractivity contribution in [2.24, 2.45) is 0 Å². The van der Waals surface area contributed by atoms with E-state index in [1.54, 1.807) is 31.5 Å². The number of amides is 2. The highest BCUT2D eigenvalue weighted by Gasteiger charge is 2.04. The molecule has 2 amide bonds. The molecule has 1 aromatic rings. The number of carbonyl (C=O) groups is 2. The van der Waals surface area contributed by atoms with Crippen molar-refractivity contribution in [3.8, 4) is 0 Å². The summed E-state index contributed by atoms with van der Waals surface area (Å²) in [5.41, 5.74) is 1.14. The number of carbonyl (C=O) groups excluding carboxylic acids is 2. The minimum atomic E-state index is -0.256. The summed E-state index contributed by atoms with van der Waals surface area (Å²) < 4.78 is 0. The van der Waals surface area contributed by atoms with E-state index in [0.29, 0.717) is 0 Å². The zero-order valence-corrected chi connectivity index (χ0v) is 11.0. The molecule has 0 aliphatic heterocycles. The second-order valence-corrected chi connectivity index (χ2v) is 4.75. The summed E-state index contributed by atoms with van der Waals surface area (Å²) in [5, 5.41) is 4.51. The van der Waals surface area contributed by atoms with Crippen molar-refractivity contribution < 1.29 is 9.59 Å². The van der Waals surface area contributed by atoms with Crippen LogP contribution in [-0.4, -0.2) is 37.4 Å². The van der Waals surface area contributed by atoms with Crippen LogP contribution in [0, 0.1) is 6.92 Å². The van der Waals surface area contributed by atoms with Crippen LogP contribution in [-0.2, 0) is 9.59 Å². The average Bonchev–Trinajstić information content (AvgIpc) is 2.68.